The second-order valence-electron chi connectivity index (χ2n) is 11.1. The van der Waals surface area contributed by atoms with Crippen molar-refractivity contribution in [2.45, 2.75) is 51.8 Å². The number of fused-ring (bicyclic) bond motifs is 1. The van der Waals surface area contributed by atoms with Gasteiger partial charge in [0.25, 0.3) is 5.89 Å². The first-order valence-corrected chi connectivity index (χ1v) is 14.7. The summed E-state index contributed by atoms with van der Waals surface area (Å²) < 4.78 is 11.2. The molecule has 218 valence electrons. The van der Waals surface area contributed by atoms with Crippen molar-refractivity contribution in [2.75, 3.05) is 18.2 Å². The fourth-order valence-corrected chi connectivity index (χ4v) is 5.75. The summed E-state index contributed by atoms with van der Waals surface area (Å²) in [6.07, 6.45) is 0.197. The maximum atomic E-state index is 13.7. The minimum Gasteiger partial charge on any atom is -0.459 e. The number of rotatable bonds is 10. The number of benzene rings is 2. The van der Waals surface area contributed by atoms with Crippen molar-refractivity contribution in [2.24, 2.45) is 17.6 Å². The number of esters is 1. The molecule has 3 aromatic rings. The number of oxazole rings is 1. The van der Waals surface area contributed by atoms with E-state index in [1.54, 1.807) is 52.0 Å². The second kappa shape index (κ2) is 12.9. The maximum absolute atomic E-state index is 13.7. The Bertz CT molecular complexity index is 1370. The number of amides is 2. The summed E-state index contributed by atoms with van der Waals surface area (Å²) in [4.78, 5) is 59.7. The molecule has 0 aliphatic carbocycles. The van der Waals surface area contributed by atoms with Crippen LogP contribution in [-0.2, 0) is 25.5 Å². The van der Waals surface area contributed by atoms with E-state index in [9.17, 15) is 19.2 Å². The van der Waals surface area contributed by atoms with Gasteiger partial charge >= 0.3 is 5.97 Å². The average molecular weight is 581 g/mol. The van der Waals surface area contributed by atoms with Crippen LogP contribution in [-0.4, -0.2) is 69.3 Å². The summed E-state index contributed by atoms with van der Waals surface area (Å²) in [6.45, 7) is 6.97. The van der Waals surface area contributed by atoms with E-state index in [0.29, 0.717) is 16.9 Å². The molecule has 1 aromatic heterocycles. The summed E-state index contributed by atoms with van der Waals surface area (Å²) in [5.74, 6) is -3.42. The fourth-order valence-electron chi connectivity index (χ4n) is 4.59. The molecule has 11 heteroatoms. The summed E-state index contributed by atoms with van der Waals surface area (Å²) in [5.41, 5.74) is 6.88. The van der Waals surface area contributed by atoms with Crippen LogP contribution in [0.1, 0.15) is 43.9 Å². The third-order valence-corrected chi connectivity index (χ3v) is 7.77. The number of thioether (sulfide) groups is 1. The number of carbonyl (C=O) groups is 4. The standard InChI is InChI=1S/C30H36N4O6S/c1-18(15-31)24(29(38)40-30(2,3)4)28(37)34-17-41-16-22(34)26(36)32-21(14-19-10-6-5-7-11-19)25(35)27-33-20-12-8-9-13-23(20)39-27/h5-13,18,21-22,24H,14-17,31H2,1-4H3,(H,32,36)/t18?,21-,22-,24-/m0/s1. The molecule has 1 aliphatic rings. The zero-order chi connectivity index (χ0) is 29.7. The predicted molar refractivity (Wildman–Crippen MR) is 156 cm³/mol. The van der Waals surface area contributed by atoms with Crippen molar-refractivity contribution >= 4 is 46.4 Å². The lowest BCUT2D eigenvalue weighted by Gasteiger charge is -2.31. The Hall–Kier alpha value is -3.70. The molecular weight excluding hydrogens is 544 g/mol. The number of Topliss-reactive ketones (excluding diaryl/α,β-unsaturated/α-hetero) is 1. The van der Waals surface area contributed by atoms with Crippen LogP contribution in [0.4, 0.5) is 0 Å². The van der Waals surface area contributed by atoms with Gasteiger partial charge in [0.05, 0.1) is 5.88 Å². The van der Waals surface area contributed by atoms with Crippen LogP contribution in [0.2, 0.25) is 0 Å². The Labute approximate surface area is 243 Å². The first-order chi connectivity index (χ1) is 19.5. The molecule has 2 heterocycles. The highest BCUT2D eigenvalue weighted by Gasteiger charge is 2.44. The van der Waals surface area contributed by atoms with E-state index in [1.165, 1.54) is 16.7 Å². The van der Waals surface area contributed by atoms with E-state index in [-0.39, 0.29) is 24.7 Å². The molecule has 0 radical (unpaired) electrons. The molecule has 4 atom stereocenters. The van der Waals surface area contributed by atoms with Crippen LogP contribution in [0.15, 0.2) is 59.0 Å². The zero-order valence-electron chi connectivity index (χ0n) is 23.7. The minimum atomic E-state index is -1.16. The van der Waals surface area contributed by atoms with Crippen molar-refractivity contribution in [3.8, 4) is 0 Å². The minimum absolute atomic E-state index is 0.0889. The number of carbonyl (C=O) groups excluding carboxylic acids is 4. The van der Waals surface area contributed by atoms with Crippen molar-refractivity contribution in [1.82, 2.24) is 15.2 Å². The van der Waals surface area contributed by atoms with E-state index in [2.05, 4.69) is 10.3 Å². The van der Waals surface area contributed by atoms with Crippen LogP contribution >= 0.6 is 11.8 Å². The highest BCUT2D eigenvalue weighted by Crippen LogP contribution is 2.28. The van der Waals surface area contributed by atoms with Gasteiger partial charge in [-0.15, -0.1) is 11.8 Å². The number of para-hydroxylation sites is 2. The van der Waals surface area contributed by atoms with E-state index in [1.807, 2.05) is 30.3 Å². The van der Waals surface area contributed by atoms with Crippen LogP contribution in [0, 0.1) is 11.8 Å². The number of ether oxygens (including phenoxy) is 1. The monoisotopic (exact) mass is 580 g/mol. The van der Waals surface area contributed by atoms with Gasteiger partial charge in [-0.05, 0) is 50.9 Å². The Balaban J connectivity index is 1.57. The Morgan fingerprint density at radius 2 is 1.80 bits per heavy atom. The van der Waals surface area contributed by atoms with Gasteiger partial charge in [0.2, 0.25) is 17.6 Å². The summed E-state index contributed by atoms with van der Waals surface area (Å²) in [5, 5.41) is 2.85. The smallest absolute Gasteiger partial charge is 0.319 e. The molecule has 0 saturated carbocycles. The number of ketones is 1. The molecule has 0 bridgehead atoms. The Morgan fingerprint density at radius 3 is 2.46 bits per heavy atom. The molecular formula is C30H36N4O6S. The molecule has 0 spiro atoms. The molecule has 1 fully saturated rings. The number of hydrogen-bond acceptors (Lipinski definition) is 9. The number of nitrogens with one attached hydrogen (secondary N) is 1. The van der Waals surface area contributed by atoms with Crippen LogP contribution in [0.25, 0.3) is 11.1 Å². The first-order valence-electron chi connectivity index (χ1n) is 13.5. The van der Waals surface area contributed by atoms with Crippen LogP contribution < -0.4 is 11.1 Å². The van der Waals surface area contributed by atoms with Gasteiger partial charge in [-0.3, -0.25) is 19.2 Å². The molecule has 41 heavy (non-hydrogen) atoms. The van der Waals surface area contributed by atoms with Crippen molar-refractivity contribution < 1.29 is 28.3 Å². The molecule has 10 nitrogen and oxygen atoms in total. The lowest BCUT2D eigenvalue weighted by Crippen LogP contribution is -2.55. The lowest BCUT2D eigenvalue weighted by atomic mass is 9.92. The van der Waals surface area contributed by atoms with Crippen LogP contribution in [0.3, 0.4) is 0 Å². The largest absolute Gasteiger partial charge is 0.459 e. The lowest BCUT2D eigenvalue weighted by molar-refractivity contribution is -0.167. The van der Waals surface area contributed by atoms with Crippen molar-refractivity contribution in [3.63, 3.8) is 0 Å². The highest BCUT2D eigenvalue weighted by molar-refractivity contribution is 7.99. The molecule has 4 rings (SSSR count). The molecule has 1 saturated heterocycles. The van der Waals surface area contributed by atoms with Gasteiger partial charge in [-0.1, -0.05) is 49.4 Å². The quantitative estimate of drug-likeness (QED) is 0.210. The van der Waals surface area contributed by atoms with E-state index >= 15 is 0 Å². The summed E-state index contributed by atoms with van der Waals surface area (Å²) >= 11 is 1.39. The third-order valence-electron chi connectivity index (χ3n) is 6.76. The van der Waals surface area contributed by atoms with Crippen LogP contribution in [0.5, 0.6) is 0 Å². The van der Waals surface area contributed by atoms with E-state index in [4.69, 9.17) is 14.9 Å². The molecule has 3 N–H and O–H groups in total. The predicted octanol–water partition coefficient (Wildman–Crippen LogP) is 3.19. The SMILES string of the molecule is CC(CN)[C@H](C(=O)OC(C)(C)C)C(=O)N1CSC[C@H]1C(=O)N[C@@H](Cc1ccccc1)C(=O)c1nc2ccccc2o1. The number of nitrogens with two attached hydrogens (primary N) is 1. The fraction of sp³-hybridized carbons (Fsp3) is 0.433. The van der Waals surface area contributed by atoms with E-state index in [0.717, 1.165) is 5.56 Å². The zero-order valence-corrected chi connectivity index (χ0v) is 24.5. The molecule has 2 aromatic carbocycles. The molecule has 1 unspecified atom stereocenters. The van der Waals surface area contributed by atoms with Gasteiger partial charge in [-0.25, -0.2) is 4.98 Å². The van der Waals surface area contributed by atoms with Crippen molar-refractivity contribution in [1.29, 1.82) is 0 Å². The topological polar surface area (TPSA) is 145 Å². The highest BCUT2D eigenvalue weighted by atomic mass is 32.2. The number of aromatic nitrogens is 1. The number of hydrogen-bond donors (Lipinski definition) is 2. The average Bonchev–Trinajstić information content (AvgIpc) is 3.59. The Kier molecular flexibility index (Phi) is 9.49. The van der Waals surface area contributed by atoms with Gasteiger partial charge in [0, 0.05) is 12.2 Å². The summed E-state index contributed by atoms with van der Waals surface area (Å²) in [7, 11) is 0. The van der Waals surface area contributed by atoms with E-state index < -0.39 is 53.1 Å². The van der Waals surface area contributed by atoms with Gasteiger partial charge in [0.1, 0.15) is 29.1 Å². The number of nitrogens with zero attached hydrogens (tertiary/aromatic N) is 2. The first kappa shape index (κ1) is 30.3. The molecule has 2 amide bonds. The van der Waals surface area contributed by atoms with Gasteiger partial charge in [-0.2, -0.15) is 0 Å². The normalized spacial score (nSPS) is 17.6. The Morgan fingerprint density at radius 1 is 1.12 bits per heavy atom. The summed E-state index contributed by atoms with van der Waals surface area (Å²) in [6, 6.07) is 14.4. The third kappa shape index (κ3) is 7.34. The second-order valence-corrected chi connectivity index (χ2v) is 12.1. The van der Waals surface area contributed by atoms with Gasteiger partial charge < -0.3 is 25.1 Å². The maximum Gasteiger partial charge on any atom is 0.319 e. The van der Waals surface area contributed by atoms with Crippen molar-refractivity contribution in [3.05, 3.63) is 66.1 Å². The van der Waals surface area contributed by atoms with Gasteiger partial charge in [0.15, 0.2) is 5.58 Å². The molecule has 1 aliphatic heterocycles.